The molecule has 0 radical (unpaired) electrons. The minimum Gasteiger partial charge on any atom is -0.347 e. The highest BCUT2D eigenvalue weighted by molar-refractivity contribution is 5.92. The highest BCUT2D eigenvalue weighted by atomic mass is 19.4. The molecule has 1 heterocycles. The molecular weight excluding hydrogens is 211 g/mol. The average Bonchev–Trinajstić information content (AvgIpc) is 2.62. The van der Waals surface area contributed by atoms with Gasteiger partial charge in [0.1, 0.15) is 5.69 Å². The van der Waals surface area contributed by atoms with Gasteiger partial charge in [-0.05, 0) is 6.07 Å². The number of rotatable bonds is 3. The van der Waals surface area contributed by atoms with E-state index in [1.165, 1.54) is 6.08 Å². The van der Waals surface area contributed by atoms with Crippen LogP contribution in [0, 0.1) is 0 Å². The highest BCUT2D eigenvalue weighted by Crippen LogP contribution is 2.20. The van der Waals surface area contributed by atoms with E-state index in [4.69, 9.17) is 0 Å². The number of carbonyl (C=O) groups is 1. The smallest absolute Gasteiger partial charge is 0.347 e. The number of amides is 1. The predicted molar refractivity (Wildman–Crippen MR) is 46.1 cm³/mol. The summed E-state index contributed by atoms with van der Waals surface area (Å²) in [5, 5.41) is 5.39. The number of nitrogens with one attached hydrogen (secondary N) is 1. The van der Waals surface area contributed by atoms with Gasteiger partial charge in [0.05, 0.1) is 0 Å². The molecule has 0 bridgehead atoms. The average molecular weight is 219 g/mol. The maximum absolute atomic E-state index is 12.1. The summed E-state index contributed by atoms with van der Waals surface area (Å²) in [6.45, 7) is 3.53. The number of aromatic nitrogens is 2. The topological polar surface area (TPSA) is 46.9 Å². The van der Waals surface area contributed by atoms with E-state index in [1.807, 2.05) is 0 Å². The van der Waals surface area contributed by atoms with Gasteiger partial charge >= 0.3 is 6.30 Å². The van der Waals surface area contributed by atoms with E-state index in [0.29, 0.717) is 6.20 Å². The van der Waals surface area contributed by atoms with Gasteiger partial charge in [-0.1, -0.05) is 6.08 Å². The van der Waals surface area contributed by atoms with Crippen molar-refractivity contribution in [2.45, 2.75) is 6.30 Å². The molecular formula is C8H8F3N3O. The second-order valence-corrected chi connectivity index (χ2v) is 2.61. The fourth-order valence-electron chi connectivity index (χ4n) is 0.842. The minimum atomic E-state index is -4.60. The maximum Gasteiger partial charge on any atom is 0.504 e. The Morgan fingerprint density at radius 1 is 1.67 bits per heavy atom. The zero-order chi connectivity index (χ0) is 11.5. The molecule has 1 aromatic heterocycles. The summed E-state index contributed by atoms with van der Waals surface area (Å²) in [6.07, 6.45) is -2.50. The molecule has 0 aliphatic carbocycles. The van der Waals surface area contributed by atoms with E-state index in [1.54, 1.807) is 0 Å². The zero-order valence-electron chi connectivity index (χ0n) is 7.58. The van der Waals surface area contributed by atoms with Crippen molar-refractivity contribution < 1.29 is 18.0 Å². The Bertz CT molecular complexity index is 369. The highest BCUT2D eigenvalue weighted by Gasteiger charge is 2.32. The first kappa shape index (κ1) is 11.3. The molecule has 0 aromatic carbocycles. The summed E-state index contributed by atoms with van der Waals surface area (Å²) in [7, 11) is 0. The van der Waals surface area contributed by atoms with Crippen LogP contribution in [0.25, 0.3) is 0 Å². The molecule has 1 rings (SSSR count). The monoisotopic (exact) mass is 219 g/mol. The van der Waals surface area contributed by atoms with Gasteiger partial charge in [-0.15, -0.1) is 19.8 Å². The number of nitrogens with zero attached hydrogens (tertiary/aromatic N) is 2. The lowest BCUT2D eigenvalue weighted by Crippen LogP contribution is -2.25. The van der Waals surface area contributed by atoms with Crippen molar-refractivity contribution >= 4 is 5.91 Å². The summed E-state index contributed by atoms with van der Waals surface area (Å²) >= 11 is 0. The number of halogens is 3. The fraction of sp³-hybridized carbons (Fsp3) is 0.250. The number of hydrogen-bond acceptors (Lipinski definition) is 2. The SMILES string of the molecule is C=CCNC(=O)c1ccn(C(F)(F)F)n1. The van der Waals surface area contributed by atoms with Crippen molar-refractivity contribution in [2.24, 2.45) is 0 Å². The fourth-order valence-corrected chi connectivity index (χ4v) is 0.842. The summed E-state index contributed by atoms with van der Waals surface area (Å²) in [5.41, 5.74) is -0.283. The summed E-state index contributed by atoms with van der Waals surface area (Å²) in [6, 6.07) is 0.992. The van der Waals surface area contributed by atoms with E-state index >= 15 is 0 Å². The molecule has 0 atom stereocenters. The Morgan fingerprint density at radius 3 is 2.80 bits per heavy atom. The molecule has 0 unspecified atom stereocenters. The number of alkyl halides is 3. The second-order valence-electron chi connectivity index (χ2n) is 2.61. The van der Waals surface area contributed by atoms with E-state index in [2.05, 4.69) is 17.0 Å². The van der Waals surface area contributed by atoms with Crippen molar-refractivity contribution in [3.63, 3.8) is 0 Å². The van der Waals surface area contributed by atoms with Crippen molar-refractivity contribution in [1.29, 1.82) is 0 Å². The molecule has 0 fully saturated rings. The molecule has 1 amide bonds. The van der Waals surface area contributed by atoms with Crippen LogP contribution in [0.1, 0.15) is 10.5 Å². The molecule has 0 aliphatic rings. The lowest BCUT2D eigenvalue weighted by Gasteiger charge is -2.04. The van der Waals surface area contributed by atoms with Gasteiger partial charge < -0.3 is 5.32 Å². The molecule has 1 aromatic rings. The van der Waals surface area contributed by atoms with Gasteiger partial charge in [-0.3, -0.25) is 4.79 Å². The molecule has 0 spiro atoms. The van der Waals surface area contributed by atoms with Crippen LogP contribution in [0.5, 0.6) is 0 Å². The Kier molecular flexibility index (Phi) is 3.13. The van der Waals surface area contributed by atoms with Gasteiger partial charge in [0.2, 0.25) is 0 Å². The first-order chi connectivity index (χ1) is 6.95. The van der Waals surface area contributed by atoms with Crippen LogP contribution in [-0.4, -0.2) is 22.2 Å². The zero-order valence-corrected chi connectivity index (χ0v) is 7.58. The molecule has 1 N–H and O–H groups in total. The van der Waals surface area contributed by atoms with E-state index in [9.17, 15) is 18.0 Å². The second kappa shape index (κ2) is 4.16. The Balaban J connectivity index is 2.76. The van der Waals surface area contributed by atoms with Crippen molar-refractivity contribution in [1.82, 2.24) is 15.1 Å². The first-order valence-corrected chi connectivity index (χ1v) is 3.97. The van der Waals surface area contributed by atoms with Crippen molar-refractivity contribution in [2.75, 3.05) is 6.54 Å². The van der Waals surface area contributed by atoms with Crippen LogP contribution in [0.3, 0.4) is 0 Å². The Morgan fingerprint density at radius 2 is 2.33 bits per heavy atom. The van der Waals surface area contributed by atoms with E-state index in [0.717, 1.165) is 6.07 Å². The molecule has 82 valence electrons. The Hall–Kier alpha value is -1.79. The standard InChI is InChI=1S/C8H8F3N3O/c1-2-4-12-7(15)6-3-5-14(13-6)8(9,10)11/h2-3,5H,1,4H2,(H,12,15). The van der Waals surface area contributed by atoms with Gasteiger partial charge in [0.25, 0.3) is 5.91 Å². The van der Waals surface area contributed by atoms with Gasteiger partial charge in [-0.25, -0.2) is 0 Å². The molecule has 0 saturated heterocycles. The van der Waals surface area contributed by atoms with Gasteiger partial charge in [0, 0.05) is 12.7 Å². The molecule has 15 heavy (non-hydrogen) atoms. The van der Waals surface area contributed by atoms with Crippen LogP contribution >= 0.6 is 0 Å². The first-order valence-electron chi connectivity index (χ1n) is 3.97. The minimum absolute atomic E-state index is 0.178. The lowest BCUT2D eigenvalue weighted by atomic mass is 10.4. The lowest BCUT2D eigenvalue weighted by molar-refractivity contribution is -0.212. The normalized spacial score (nSPS) is 11.1. The van der Waals surface area contributed by atoms with E-state index < -0.39 is 12.2 Å². The van der Waals surface area contributed by atoms with Crippen LogP contribution in [-0.2, 0) is 6.30 Å². The Labute approximate surface area is 83.4 Å². The third kappa shape index (κ3) is 2.83. The van der Waals surface area contributed by atoms with Crippen molar-refractivity contribution in [3.8, 4) is 0 Å². The quantitative estimate of drug-likeness (QED) is 0.778. The molecule has 0 aliphatic heterocycles. The largest absolute Gasteiger partial charge is 0.504 e. The van der Waals surface area contributed by atoms with E-state index in [-0.39, 0.29) is 16.9 Å². The maximum atomic E-state index is 12.1. The van der Waals surface area contributed by atoms with Crippen LogP contribution in [0.15, 0.2) is 24.9 Å². The van der Waals surface area contributed by atoms with Crippen LogP contribution < -0.4 is 5.32 Å². The summed E-state index contributed by atoms with van der Waals surface area (Å²) < 4.78 is 36.0. The third-order valence-electron chi connectivity index (χ3n) is 1.49. The number of carbonyl (C=O) groups excluding carboxylic acids is 1. The third-order valence-corrected chi connectivity index (χ3v) is 1.49. The number of hydrogen-bond donors (Lipinski definition) is 1. The molecule has 0 saturated carbocycles. The molecule has 7 heteroatoms. The van der Waals surface area contributed by atoms with Crippen molar-refractivity contribution in [3.05, 3.63) is 30.6 Å². The molecule has 4 nitrogen and oxygen atoms in total. The predicted octanol–water partition coefficient (Wildman–Crippen LogP) is 1.28. The summed E-state index contributed by atoms with van der Waals surface area (Å²) in [4.78, 5) is 11.1. The van der Waals surface area contributed by atoms with Crippen LogP contribution in [0.4, 0.5) is 13.2 Å². The van der Waals surface area contributed by atoms with Gasteiger partial charge in [-0.2, -0.15) is 9.78 Å². The van der Waals surface area contributed by atoms with Gasteiger partial charge in [0.15, 0.2) is 0 Å². The summed E-state index contributed by atoms with van der Waals surface area (Å²) in [5.74, 6) is -0.669. The van der Waals surface area contributed by atoms with Crippen LogP contribution in [0.2, 0.25) is 0 Å².